The maximum atomic E-state index is 12.3. The zero-order valence-electron chi connectivity index (χ0n) is 18.2. The third-order valence-electron chi connectivity index (χ3n) is 5.26. The number of amides is 2. The van der Waals surface area contributed by atoms with E-state index in [-0.39, 0.29) is 12.1 Å². The summed E-state index contributed by atoms with van der Waals surface area (Å²) >= 11 is 12.1. The summed E-state index contributed by atoms with van der Waals surface area (Å²) in [5.41, 5.74) is 2.84. The van der Waals surface area contributed by atoms with E-state index >= 15 is 0 Å². The summed E-state index contributed by atoms with van der Waals surface area (Å²) in [6.07, 6.45) is -0.0867. The van der Waals surface area contributed by atoms with E-state index in [9.17, 15) is 4.79 Å². The van der Waals surface area contributed by atoms with Crippen molar-refractivity contribution in [2.24, 2.45) is 0 Å². The summed E-state index contributed by atoms with van der Waals surface area (Å²) in [4.78, 5) is 18.8. The van der Waals surface area contributed by atoms with Crippen LogP contribution in [0.3, 0.4) is 0 Å². The van der Waals surface area contributed by atoms with Gasteiger partial charge in [-0.25, -0.2) is 4.79 Å². The SMILES string of the molecule is Cc1noc(-c2cccc(CNC(=O)NC[C@H]3CN(Cc4ccc(Cl)c(Cl)c4)CCO3)c2)n1. The third kappa shape index (κ3) is 6.68. The number of nitrogens with zero attached hydrogens (tertiary/aromatic N) is 3. The summed E-state index contributed by atoms with van der Waals surface area (Å²) < 4.78 is 11.0. The lowest BCUT2D eigenvalue weighted by molar-refractivity contribution is -0.0287. The minimum absolute atomic E-state index is 0.0867. The first-order chi connectivity index (χ1) is 16.0. The van der Waals surface area contributed by atoms with E-state index in [0.29, 0.717) is 48.0 Å². The van der Waals surface area contributed by atoms with Gasteiger partial charge in [0.15, 0.2) is 5.82 Å². The average molecular weight is 490 g/mol. The molecule has 2 aromatic carbocycles. The molecule has 3 aromatic rings. The summed E-state index contributed by atoms with van der Waals surface area (Å²) in [6.45, 7) is 5.46. The third-order valence-corrected chi connectivity index (χ3v) is 6.00. The standard InChI is InChI=1S/C23H25Cl2N5O3/c1-15-28-22(33-29-15)18-4-2-3-16(9-18)11-26-23(31)27-12-19-14-30(7-8-32-19)13-17-5-6-20(24)21(25)10-17/h2-6,9-10,19H,7-8,11-14H2,1H3,(H2,26,27,31)/t19-/m0/s1. The molecule has 0 bridgehead atoms. The van der Waals surface area contributed by atoms with Crippen molar-refractivity contribution in [1.29, 1.82) is 0 Å². The Labute approximate surface area is 202 Å². The molecule has 0 radical (unpaired) electrons. The van der Waals surface area contributed by atoms with Gasteiger partial charge in [0.05, 0.1) is 22.8 Å². The van der Waals surface area contributed by atoms with Crippen LogP contribution in [0.4, 0.5) is 4.79 Å². The van der Waals surface area contributed by atoms with Crippen LogP contribution in [0.2, 0.25) is 10.0 Å². The summed E-state index contributed by atoms with van der Waals surface area (Å²) in [6, 6.07) is 13.0. The Bertz CT molecular complexity index is 1110. The fraction of sp³-hybridized carbons (Fsp3) is 0.348. The van der Waals surface area contributed by atoms with Crippen molar-refractivity contribution in [1.82, 2.24) is 25.7 Å². The highest BCUT2D eigenvalue weighted by Crippen LogP contribution is 2.23. The number of hydrogen-bond acceptors (Lipinski definition) is 6. The largest absolute Gasteiger partial charge is 0.374 e. The number of morpholine rings is 1. The van der Waals surface area contributed by atoms with E-state index in [4.69, 9.17) is 32.5 Å². The van der Waals surface area contributed by atoms with Crippen LogP contribution in [0.1, 0.15) is 17.0 Å². The van der Waals surface area contributed by atoms with Crippen LogP contribution < -0.4 is 10.6 Å². The van der Waals surface area contributed by atoms with Crippen molar-refractivity contribution in [2.75, 3.05) is 26.2 Å². The molecule has 1 atom stereocenters. The number of hydrogen-bond donors (Lipinski definition) is 2. The number of carbonyl (C=O) groups excluding carboxylic acids is 1. The predicted molar refractivity (Wildman–Crippen MR) is 126 cm³/mol. The van der Waals surface area contributed by atoms with Gasteiger partial charge in [0.2, 0.25) is 0 Å². The van der Waals surface area contributed by atoms with Crippen molar-refractivity contribution in [3.63, 3.8) is 0 Å². The van der Waals surface area contributed by atoms with Gasteiger partial charge in [0.25, 0.3) is 5.89 Å². The van der Waals surface area contributed by atoms with Crippen LogP contribution in [0.25, 0.3) is 11.5 Å². The first kappa shape index (κ1) is 23.5. The molecule has 2 amide bonds. The molecule has 1 fully saturated rings. The molecule has 10 heteroatoms. The fourth-order valence-corrected chi connectivity index (χ4v) is 3.94. The van der Waals surface area contributed by atoms with Crippen molar-refractivity contribution in [3.8, 4) is 11.5 Å². The van der Waals surface area contributed by atoms with Crippen LogP contribution in [0, 0.1) is 6.92 Å². The van der Waals surface area contributed by atoms with E-state index in [1.807, 2.05) is 42.5 Å². The smallest absolute Gasteiger partial charge is 0.315 e. The van der Waals surface area contributed by atoms with E-state index in [0.717, 1.165) is 29.8 Å². The summed E-state index contributed by atoms with van der Waals surface area (Å²) in [5.74, 6) is 1.03. The monoisotopic (exact) mass is 489 g/mol. The predicted octanol–water partition coefficient (Wildman–Crippen LogP) is 4.05. The number of rotatable bonds is 7. The number of aromatic nitrogens is 2. The van der Waals surface area contributed by atoms with Gasteiger partial charge in [-0.2, -0.15) is 4.98 Å². The average Bonchev–Trinajstić information content (AvgIpc) is 3.25. The zero-order valence-corrected chi connectivity index (χ0v) is 19.7. The molecule has 174 valence electrons. The molecule has 1 aliphatic rings. The van der Waals surface area contributed by atoms with E-state index < -0.39 is 0 Å². The number of halogens is 2. The van der Waals surface area contributed by atoms with E-state index in [1.54, 1.807) is 6.92 Å². The second-order valence-electron chi connectivity index (χ2n) is 7.89. The number of nitrogens with one attached hydrogen (secondary N) is 2. The summed E-state index contributed by atoms with van der Waals surface area (Å²) in [7, 11) is 0. The molecule has 2 N–H and O–H groups in total. The first-order valence-electron chi connectivity index (χ1n) is 10.7. The quantitative estimate of drug-likeness (QED) is 0.519. The van der Waals surface area contributed by atoms with Crippen LogP contribution in [0.5, 0.6) is 0 Å². The molecule has 33 heavy (non-hydrogen) atoms. The fourth-order valence-electron chi connectivity index (χ4n) is 3.62. The van der Waals surface area contributed by atoms with Crippen LogP contribution >= 0.6 is 23.2 Å². The van der Waals surface area contributed by atoms with E-state index in [2.05, 4.69) is 25.7 Å². The minimum atomic E-state index is -0.251. The first-order valence-corrected chi connectivity index (χ1v) is 11.4. The Kier molecular flexibility index (Phi) is 7.82. The van der Waals surface area contributed by atoms with Crippen molar-refractivity contribution in [2.45, 2.75) is 26.1 Å². The topological polar surface area (TPSA) is 92.5 Å². The van der Waals surface area contributed by atoms with Gasteiger partial charge in [-0.05, 0) is 42.3 Å². The number of carbonyl (C=O) groups is 1. The molecule has 0 aliphatic carbocycles. The zero-order chi connectivity index (χ0) is 23.2. The summed E-state index contributed by atoms with van der Waals surface area (Å²) in [5, 5.41) is 10.7. The molecule has 0 spiro atoms. The highest BCUT2D eigenvalue weighted by Gasteiger charge is 2.21. The van der Waals surface area contributed by atoms with Gasteiger partial charge in [-0.15, -0.1) is 0 Å². The molecule has 1 aromatic heterocycles. The lowest BCUT2D eigenvalue weighted by Crippen LogP contribution is -2.48. The molecule has 1 aliphatic heterocycles. The van der Waals surface area contributed by atoms with Crippen molar-refractivity contribution in [3.05, 3.63) is 69.5 Å². The van der Waals surface area contributed by atoms with E-state index in [1.165, 1.54) is 0 Å². The van der Waals surface area contributed by atoms with Crippen molar-refractivity contribution >= 4 is 29.2 Å². The number of ether oxygens (including phenoxy) is 1. The van der Waals surface area contributed by atoms with Crippen LogP contribution in [-0.2, 0) is 17.8 Å². The maximum Gasteiger partial charge on any atom is 0.315 e. The molecule has 0 unspecified atom stereocenters. The molecule has 8 nitrogen and oxygen atoms in total. The van der Waals surface area contributed by atoms with Gasteiger partial charge in [-0.1, -0.05) is 46.6 Å². The van der Waals surface area contributed by atoms with Gasteiger partial charge in [-0.3, -0.25) is 4.90 Å². The number of urea groups is 1. The minimum Gasteiger partial charge on any atom is -0.374 e. The number of benzene rings is 2. The molecular formula is C23H25Cl2N5O3. The van der Waals surface area contributed by atoms with Crippen LogP contribution in [0.15, 0.2) is 47.0 Å². The van der Waals surface area contributed by atoms with Gasteiger partial charge in [0, 0.05) is 38.3 Å². The maximum absolute atomic E-state index is 12.3. The second-order valence-corrected chi connectivity index (χ2v) is 8.70. The Morgan fingerprint density at radius 1 is 1.15 bits per heavy atom. The Hall–Kier alpha value is -2.65. The Morgan fingerprint density at radius 3 is 2.82 bits per heavy atom. The molecule has 2 heterocycles. The highest BCUT2D eigenvalue weighted by atomic mass is 35.5. The Balaban J connectivity index is 1.22. The molecule has 1 saturated heterocycles. The highest BCUT2D eigenvalue weighted by molar-refractivity contribution is 6.42. The lowest BCUT2D eigenvalue weighted by Gasteiger charge is -2.33. The Morgan fingerprint density at radius 2 is 2.03 bits per heavy atom. The lowest BCUT2D eigenvalue weighted by atomic mass is 10.1. The number of aryl methyl sites for hydroxylation is 1. The van der Waals surface area contributed by atoms with Gasteiger partial charge < -0.3 is 19.9 Å². The van der Waals surface area contributed by atoms with Gasteiger partial charge in [0.1, 0.15) is 0 Å². The molecule has 0 saturated carbocycles. The van der Waals surface area contributed by atoms with Gasteiger partial charge >= 0.3 is 6.03 Å². The van der Waals surface area contributed by atoms with Crippen LogP contribution in [-0.4, -0.2) is 53.4 Å². The normalized spacial score (nSPS) is 16.5. The van der Waals surface area contributed by atoms with Crippen molar-refractivity contribution < 1.29 is 14.1 Å². The molecule has 4 rings (SSSR count). The molecular weight excluding hydrogens is 465 g/mol. The second kappa shape index (κ2) is 11.0.